The van der Waals surface area contributed by atoms with Crippen LogP contribution in [0.1, 0.15) is 13.8 Å². The van der Waals surface area contributed by atoms with Crippen molar-refractivity contribution in [3.63, 3.8) is 0 Å². The molecule has 0 heterocycles. The topological polar surface area (TPSA) is 121 Å². The van der Waals surface area contributed by atoms with Crippen LogP contribution in [-0.4, -0.2) is 41.2 Å². The molecule has 0 aliphatic heterocycles. The fraction of sp³-hybridized carbons (Fsp3) is 0.500. The lowest BCUT2D eigenvalue weighted by molar-refractivity contribution is -0.131. The van der Waals surface area contributed by atoms with Crippen LogP contribution < -0.4 is 5.32 Å². The van der Waals surface area contributed by atoms with Gasteiger partial charge in [0.2, 0.25) is 5.91 Å². The highest BCUT2D eigenvalue weighted by Gasteiger charge is 2.25. The molecule has 16 heavy (non-hydrogen) atoms. The van der Waals surface area contributed by atoms with Crippen molar-refractivity contribution < 1.29 is 27.7 Å². The van der Waals surface area contributed by atoms with Gasteiger partial charge in [0.05, 0.1) is 11.3 Å². The monoisotopic (exact) mass is 251 g/mol. The van der Waals surface area contributed by atoms with Crippen molar-refractivity contribution in [2.24, 2.45) is 0 Å². The first-order chi connectivity index (χ1) is 7.02. The molecule has 0 aromatic carbocycles. The summed E-state index contributed by atoms with van der Waals surface area (Å²) in [6.45, 7) is 2.76. The van der Waals surface area contributed by atoms with Gasteiger partial charge in [0, 0.05) is 12.2 Å². The molecule has 0 aliphatic rings. The van der Waals surface area contributed by atoms with E-state index in [2.05, 4.69) is 5.32 Å². The number of hydrogen-bond acceptors (Lipinski definition) is 4. The molecule has 7 nitrogen and oxygen atoms in total. The second kappa shape index (κ2) is 5.08. The van der Waals surface area contributed by atoms with Crippen LogP contribution in [-0.2, 0) is 19.7 Å². The van der Waals surface area contributed by atoms with Gasteiger partial charge in [-0.25, -0.2) is 4.79 Å². The molecule has 0 bridgehead atoms. The number of carboxylic acids is 1. The average Bonchev–Trinajstić information content (AvgIpc) is 1.94. The van der Waals surface area contributed by atoms with Gasteiger partial charge in [-0.15, -0.1) is 0 Å². The second-order valence-electron chi connectivity index (χ2n) is 3.77. The molecule has 0 unspecified atom stereocenters. The molecule has 0 aromatic heterocycles. The molecule has 0 saturated heterocycles. The van der Waals surface area contributed by atoms with Gasteiger partial charge < -0.3 is 10.4 Å². The van der Waals surface area contributed by atoms with Crippen LogP contribution in [0, 0.1) is 0 Å². The molecule has 92 valence electrons. The maximum absolute atomic E-state index is 11.1. The molecule has 0 atom stereocenters. The SMILES string of the molecule is CC(C)(CS(=O)(=O)O)NC(=O)C=CC(=O)O. The van der Waals surface area contributed by atoms with Gasteiger partial charge in [-0.05, 0) is 13.8 Å². The number of amides is 1. The lowest BCUT2D eigenvalue weighted by Crippen LogP contribution is -2.47. The Morgan fingerprint density at radius 1 is 1.31 bits per heavy atom. The molecule has 0 rings (SSSR count). The van der Waals surface area contributed by atoms with Gasteiger partial charge in [-0.1, -0.05) is 0 Å². The maximum atomic E-state index is 11.1. The van der Waals surface area contributed by atoms with Gasteiger partial charge >= 0.3 is 5.97 Å². The average molecular weight is 251 g/mol. The molecule has 0 radical (unpaired) electrons. The predicted octanol–water partition coefficient (Wildman–Crippen LogP) is -0.590. The Morgan fingerprint density at radius 2 is 1.81 bits per heavy atom. The van der Waals surface area contributed by atoms with E-state index in [9.17, 15) is 18.0 Å². The Morgan fingerprint density at radius 3 is 2.19 bits per heavy atom. The summed E-state index contributed by atoms with van der Waals surface area (Å²) in [6, 6.07) is 0. The number of carbonyl (C=O) groups is 2. The van der Waals surface area contributed by atoms with Crippen molar-refractivity contribution in [1.29, 1.82) is 0 Å². The van der Waals surface area contributed by atoms with Gasteiger partial charge in [-0.3, -0.25) is 9.35 Å². The fourth-order valence-corrected chi connectivity index (χ4v) is 2.00. The summed E-state index contributed by atoms with van der Waals surface area (Å²) < 4.78 is 29.8. The molecule has 8 heteroatoms. The first-order valence-corrected chi connectivity index (χ1v) is 5.81. The van der Waals surface area contributed by atoms with Crippen LogP contribution >= 0.6 is 0 Å². The quantitative estimate of drug-likeness (QED) is 0.443. The molecule has 0 saturated carbocycles. The van der Waals surface area contributed by atoms with Crippen molar-refractivity contribution >= 4 is 22.0 Å². The molecule has 0 aromatic rings. The number of nitrogens with one attached hydrogen (secondary N) is 1. The lowest BCUT2D eigenvalue weighted by atomic mass is 10.1. The normalized spacial score (nSPS) is 12.7. The van der Waals surface area contributed by atoms with E-state index in [-0.39, 0.29) is 0 Å². The number of hydrogen-bond donors (Lipinski definition) is 3. The zero-order valence-corrected chi connectivity index (χ0v) is 9.61. The number of carbonyl (C=O) groups excluding carboxylic acids is 1. The highest BCUT2D eigenvalue weighted by atomic mass is 32.2. The van der Waals surface area contributed by atoms with E-state index in [0.29, 0.717) is 6.08 Å². The Kier molecular flexibility index (Phi) is 4.63. The Labute approximate surface area is 92.9 Å². The standard InChI is InChI=1S/C8H13NO6S/c1-8(2,5-16(13,14)15)9-6(10)3-4-7(11)12/h3-4H,5H2,1-2H3,(H,9,10)(H,11,12)(H,13,14,15). The van der Waals surface area contributed by atoms with Gasteiger partial charge in [-0.2, -0.15) is 8.42 Å². The first-order valence-electron chi connectivity index (χ1n) is 4.20. The summed E-state index contributed by atoms with van der Waals surface area (Å²) >= 11 is 0. The van der Waals surface area contributed by atoms with Crippen molar-refractivity contribution in [2.45, 2.75) is 19.4 Å². The van der Waals surface area contributed by atoms with E-state index in [1.165, 1.54) is 13.8 Å². The maximum Gasteiger partial charge on any atom is 0.328 e. The van der Waals surface area contributed by atoms with E-state index in [1.807, 2.05) is 0 Å². The van der Waals surface area contributed by atoms with Crippen LogP contribution in [0.25, 0.3) is 0 Å². The van der Waals surface area contributed by atoms with Crippen LogP contribution in [0.5, 0.6) is 0 Å². The lowest BCUT2D eigenvalue weighted by Gasteiger charge is -2.23. The summed E-state index contributed by atoms with van der Waals surface area (Å²) in [6.07, 6.45) is 1.38. The van der Waals surface area contributed by atoms with Gasteiger partial charge in [0.1, 0.15) is 0 Å². The summed E-state index contributed by atoms with van der Waals surface area (Å²) in [5, 5.41) is 10.5. The summed E-state index contributed by atoms with van der Waals surface area (Å²) in [5.74, 6) is -2.70. The van der Waals surface area contributed by atoms with Crippen LogP contribution in [0.4, 0.5) is 0 Å². The first kappa shape index (κ1) is 14.6. The van der Waals surface area contributed by atoms with Crippen molar-refractivity contribution in [3.05, 3.63) is 12.2 Å². The molecule has 0 fully saturated rings. The van der Waals surface area contributed by atoms with E-state index in [1.54, 1.807) is 0 Å². The van der Waals surface area contributed by atoms with E-state index < -0.39 is 33.3 Å². The molecule has 0 aliphatic carbocycles. The minimum Gasteiger partial charge on any atom is -0.478 e. The summed E-state index contributed by atoms with van der Waals surface area (Å²) in [4.78, 5) is 21.2. The van der Waals surface area contributed by atoms with Gasteiger partial charge in [0.15, 0.2) is 0 Å². The van der Waals surface area contributed by atoms with Gasteiger partial charge in [0.25, 0.3) is 10.1 Å². The molecule has 1 amide bonds. The minimum absolute atomic E-state index is 0.624. The van der Waals surface area contributed by atoms with E-state index in [4.69, 9.17) is 9.66 Å². The van der Waals surface area contributed by atoms with Crippen molar-refractivity contribution in [3.8, 4) is 0 Å². The summed E-state index contributed by atoms with van der Waals surface area (Å²) in [5.41, 5.74) is -1.19. The molecular formula is C8H13NO6S. The number of carboxylic acid groups (broad SMARTS) is 1. The smallest absolute Gasteiger partial charge is 0.328 e. The highest BCUT2D eigenvalue weighted by Crippen LogP contribution is 2.05. The zero-order valence-electron chi connectivity index (χ0n) is 8.80. The van der Waals surface area contributed by atoms with Crippen LogP contribution in [0.15, 0.2) is 12.2 Å². The fourth-order valence-electron chi connectivity index (χ4n) is 1.01. The molecular weight excluding hydrogens is 238 g/mol. The minimum atomic E-state index is -4.21. The number of aliphatic carboxylic acids is 1. The van der Waals surface area contributed by atoms with E-state index in [0.717, 1.165) is 6.08 Å². The molecule has 3 N–H and O–H groups in total. The number of rotatable bonds is 5. The van der Waals surface area contributed by atoms with Crippen molar-refractivity contribution in [1.82, 2.24) is 5.32 Å². The second-order valence-corrected chi connectivity index (χ2v) is 5.22. The summed E-state index contributed by atoms with van der Waals surface area (Å²) in [7, 11) is -4.21. The Balaban J connectivity index is 4.48. The highest BCUT2D eigenvalue weighted by molar-refractivity contribution is 7.85. The third-order valence-corrected chi connectivity index (χ3v) is 2.47. The zero-order chi connectivity index (χ0) is 13.0. The third-order valence-electron chi connectivity index (χ3n) is 1.38. The largest absolute Gasteiger partial charge is 0.478 e. The van der Waals surface area contributed by atoms with Crippen LogP contribution in [0.2, 0.25) is 0 Å². The van der Waals surface area contributed by atoms with Crippen LogP contribution in [0.3, 0.4) is 0 Å². The molecule has 0 spiro atoms. The third kappa shape index (κ3) is 7.94. The Hall–Kier alpha value is -1.41. The predicted molar refractivity (Wildman–Crippen MR) is 55.4 cm³/mol. The Bertz CT molecular complexity index is 408. The van der Waals surface area contributed by atoms with Crippen molar-refractivity contribution in [2.75, 3.05) is 5.75 Å². The van der Waals surface area contributed by atoms with E-state index >= 15 is 0 Å².